The van der Waals surface area contributed by atoms with Gasteiger partial charge in [0.15, 0.2) is 0 Å². The number of carboxylic acid groups (broad SMARTS) is 1. The van der Waals surface area contributed by atoms with Crippen LogP contribution in [0, 0.1) is 0 Å². The molecule has 3 N–H and O–H groups in total. The molecule has 0 bridgehead atoms. The van der Waals surface area contributed by atoms with Gasteiger partial charge >= 0.3 is 5.97 Å². The summed E-state index contributed by atoms with van der Waals surface area (Å²) in [5.41, 5.74) is 8.07. The lowest BCUT2D eigenvalue weighted by Gasteiger charge is -2.14. The Morgan fingerprint density at radius 1 is 1.56 bits per heavy atom. The molecule has 0 fully saturated rings. The fourth-order valence-electron chi connectivity index (χ4n) is 1.97. The van der Waals surface area contributed by atoms with Crippen LogP contribution in [0.15, 0.2) is 18.2 Å². The summed E-state index contributed by atoms with van der Waals surface area (Å²) in [5.74, 6) is 0.0457. The Morgan fingerprint density at radius 3 is 3.12 bits per heavy atom. The van der Waals surface area contributed by atoms with Gasteiger partial charge in [0, 0.05) is 24.4 Å². The van der Waals surface area contributed by atoms with Crippen LogP contribution in [0.2, 0.25) is 0 Å². The summed E-state index contributed by atoms with van der Waals surface area (Å²) >= 11 is 0. The van der Waals surface area contributed by atoms with Crippen LogP contribution in [0.1, 0.15) is 30.0 Å². The summed E-state index contributed by atoms with van der Waals surface area (Å²) in [7, 11) is 0. The van der Waals surface area contributed by atoms with Gasteiger partial charge in [-0.25, -0.2) is 0 Å². The zero-order chi connectivity index (χ0) is 11.5. The van der Waals surface area contributed by atoms with Crippen LogP contribution in [-0.2, 0) is 11.2 Å². The van der Waals surface area contributed by atoms with Gasteiger partial charge in [-0.15, -0.1) is 0 Å². The zero-order valence-corrected chi connectivity index (χ0v) is 8.98. The molecule has 0 aromatic heterocycles. The highest BCUT2D eigenvalue weighted by Crippen LogP contribution is 2.33. The molecule has 16 heavy (non-hydrogen) atoms. The molecule has 86 valence electrons. The van der Waals surface area contributed by atoms with E-state index in [1.807, 2.05) is 18.2 Å². The number of carboxylic acids is 1. The van der Waals surface area contributed by atoms with E-state index in [-0.39, 0.29) is 12.5 Å². The SMILES string of the molecule is NC(CCC(=O)O)c1cccc2c1OCC2. The van der Waals surface area contributed by atoms with E-state index in [0.29, 0.717) is 13.0 Å². The maximum Gasteiger partial charge on any atom is 0.303 e. The van der Waals surface area contributed by atoms with Gasteiger partial charge in [-0.2, -0.15) is 0 Å². The molecule has 4 heteroatoms. The molecule has 0 saturated heterocycles. The second kappa shape index (κ2) is 4.53. The van der Waals surface area contributed by atoms with Gasteiger partial charge in [0.05, 0.1) is 6.61 Å². The smallest absolute Gasteiger partial charge is 0.303 e. The topological polar surface area (TPSA) is 72.6 Å². The Labute approximate surface area is 94.0 Å². The third kappa shape index (κ3) is 2.17. The second-order valence-electron chi connectivity index (χ2n) is 3.97. The average Bonchev–Trinajstić information content (AvgIpc) is 2.73. The molecule has 4 nitrogen and oxygen atoms in total. The molecular weight excluding hydrogens is 206 g/mol. The molecule has 0 saturated carbocycles. The van der Waals surface area contributed by atoms with Crippen LogP contribution in [0.25, 0.3) is 0 Å². The van der Waals surface area contributed by atoms with Crippen LogP contribution in [-0.4, -0.2) is 17.7 Å². The van der Waals surface area contributed by atoms with E-state index in [2.05, 4.69) is 0 Å². The summed E-state index contributed by atoms with van der Waals surface area (Å²) in [4.78, 5) is 10.5. The first-order chi connectivity index (χ1) is 7.68. The van der Waals surface area contributed by atoms with E-state index < -0.39 is 5.97 Å². The van der Waals surface area contributed by atoms with Gasteiger partial charge in [0.25, 0.3) is 0 Å². The van der Waals surface area contributed by atoms with Gasteiger partial charge in [0.1, 0.15) is 5.75 Å². The molecule has 0 spiro atoms. The van der Waals surface area contributed by atoms with E-state index in [9.17, 15) is 4.79 Å². The largest absolute Gasteiger partial charge is 0.493 e. The summed E-state index contributed by atoms with van der Waals surface area (Å²) in [6.07, 6.45) is 1.44. The highest BCUT2D eigenvalue weighted by atomic mass is 16.5. The molecule has 1 unspecified atom stereocenters. The van der Waals surface area contributed by atoms with Crippen molar-refractivity contribution in [1.82, 2.24) is 0 Å². The molecule has 0 aliphatic carbocycles. The van der Waals surface area contributed by atoms with Gasteiger partial charge in [-0.3, -0.25) is 4.79 Å². The maximum atomic E-state index is 10.5. The van der Waals surface area contributed by atoms with Gasteiger partial charge in [0.2, 0.25) is 0 Å². The second-order valence-corrected chi connectivity index (χ2v) is 3.97. The van der Waals surface area contributed by atoms with Gasteiger partial charge < -0.3 is 15.6 Å². The van der Waals surface area contributed by atoms with Crippen molar-refractivity contribution >= 4 is 5.97 Å². The Balaban J connectivity index is 2.14. The Morgan fingerprint density at radius 2 is 2.38 bits per heavy atom. The van der Waals surface area contributed by atoms with E-state index >= 15 is 0 Å². The minimum Gasteiger partial charge on any atom is -0.493 e. The van der Waals surface area contributed by atoms with Crippen molar-refractivity contribution in [1.29, 1.82) is 0 Å². The fourth-order valence-corrected chi connectivity index (χ4v) is 1.97. The van der Waals surface area contributed by atoms with Crippen molar-refractivity contribution in [3.8, 4) is 5.75 Å². The summed E-state index contributed by atoms with van der Waals surface area (Å²) in [5, 5.41) is 8.62. The highest BCUT2D eigenvalue weighted by molar-refractivity contribution is 5.66. The predicted octanol–water partition coefficient (Wildman–Crippen LogP) is 1.49. The fraction of sp³-hybridized carbons (Fsp3) is 0.417. The Bertz CT molecular complexity index is 403. The molecular formula is C12H15NO3. The van der Waals surface area contributed by atoms with Crippen molar-refractivity contribution in [2.75, 3.05) is 6.61 Å². The lowest BCUT2D eigenvalue weighted by molar-refractivity contribution is -0.137. The van der Waals surface area contributed by atoms with Crippen molar-refractivity contribution in [2.24, 2.45) is 5.73 Å². The Kier molecular flexibility index (Phi) is 3.10. The van der Waals surface area contributed by atoms with Crippen molar-refractivity contribution < 1.29 is 14.6 Å². The molecule has 0 radical (unpaired) electrons. The number of fused-ring (bicyclic) bond motifs is 1. The summed E-state index contributed by atoms with van der Waals surface area (Å²) < 4.78 is 5.53. The van der Waals surface area contributed by atoms with Gasteiger partial charge in [-0.1, -0.05) is 18.2 Å². The minimum absolute atomic E-state index is 0.0881. The standard InChI is InChI=1S/C12H15NO3/c13-10(4-5-11(14)15)9-3-1-2-8-6-7-16-12(8)9/h1-3,10H,4-7,13H2,(H,14,15). The lowest BCUT2D eigenvalue weighted by Crippen LogP contribution is -2.13. The third-order valence-electron chi connectivity index (χ3n) is 2.81. The van der Waals surface area contributed by atoms with E-state index in [1.54, 1.807) is 0 Å². The molecule has 0 amide bonds. The molecule has 1 aliphatic heterocycles. The molecule has 1 aromatic carbocycles. The average molecular weight is 221 g/mol. The van der Waals surface area contributed by atoms with E-state index in [0.717, 1.165) is 17.7 Å². The maximum absolute atomic E-state index is 10.5. The molecule has 2 rings (SSSR count). The first-order valence-electron chi connectivity index (χ1n) is 5.40. The number of para-hydroxylation sites is 1. The number of ether oxygens (including phenoxy) is 1. The predicted molar refractivity (Wildman–Crippen MR) is 59.4 cm³/mol. The monoisotopic (exact) mass is 221 g/mol. The molecule has 1 aromatic rings. The first kappa shape index (κ1) is 11.0. The van der Waals surface area contributed by atoms with Crippen LogP contribution in [0.5, 0.6) is 5.75 Å². The minimum atomic E-state index is -0.816. The van der Waals surface area contributed by atoms with Gasteiger partial charge in [-0.05, 0) is 12.0 Å². The molecule has 1 aliphatic rings. The van der Waals surface area contributed by atoms with E-state index in [1.165, 1.54) is 5.56 Å². The third-order valence-corrected chi connectivity index (χ3v) is 2.81. The number of hydrogen-bond acceptors (Lipinski definition) is 3. The Hall–Kier alpha value is -1.55. The van der Waals surface area contributed by atoms with Crippen LogP contribution in [0.3, 0.4) is 0 Å². The number of hydrogen-bond donors (Lipinski definition) is 2. The normalized spacial score (nSPS) is 15.3. The van der Waals surface area contributed by atoms with E-state index in [4.69, 9.17) is 15.6 Å². The quantitative estimate of drug-likeness (QED) is 0.807. The summed E-state index contributed by atoms with van der Waals surface area (Å²) in [6, 6.07) is 5.62. The van der Waals surface area contributed by atoms with Crippen molar-refractivity contribution in [2.45, 2.75) is 25.3 Å². The number of aliphatic carboxylic acids is 1. The molecule has 1 atom stereocenters. The summed E-state index contributed by atoms with van der Waals surface area (Å²) in [6.45, 7) is 0.692. The zero-order valence-electron chi connectivity index (χ0n) is 8.98. The number of benzene rings is 1. The van der Waals surface area contributed by atoms with Crippen LogP contribution < -0.4 is 10.5 Å². The van der Waals surface area contributed by atoms with Crippen LogP contribution >= 0.6 is 0 Å². The first-order valence-corrected chi connectivity index (χ1v) is 5.40. The lowest BCUT2D eigenvalue weighted by atomic mass is 9.99. The number of nitrogens with two attached hydrogens (primary N) is 1. The number of rotatable bonds is 4. The molecule has 1 heterocycles. The van der Waals surface area contributed by atoms with Crippen molar-refractivity contribution in [3.05, 3.63) is 29.3 Å². The number of carbonyl (C=O) groups is 1. The van der Waals surface area contributed by atoms with Crippen LogP contribution in [0.4, 0.5) is 0 Å². The van der Waals surface area contributed by atoms with Crippen molar-refractivity contribution in [3.63, 3.8) is 0 Å². The highest BCUT2D eigenvalue weighted by Gasteiger charge is 2.20.